The maximum absolute atomic E-state index is 11.6. The smallest absolute Gasteiger partial charge is 0.250 e. The molecule has 0 atom stereocenters. The normalized spacial score (nSPS) is 11.7. The Morgan fingerprint density at radius 2 is 2.14 bits per heavy atom. The summed E-state index contributed by atoms with van der Waals surface area (Å²) in [5.74, 6) is 0.771. The standard InChI is InChI=1S/C11H17NOS/c1-9-4-5-12(10(13)6-9)7-11(2,3)8-14/h4-6,14H,7-8H2,1-3H3. The Morgan fingerprint density at radius 1 is 1.50 bits per heavy atom. The van der Waals surface area contributed by atoms with E-state index in [1.54, 1.807) is 10.6 Å². The van der Waals surface area contributed by atoms with Gasteiger partial charge in [-0.15, -0.1) is 0 Å². The molecule has 1 heterocycles. The van der Waals surface area contributed by atoms with E-state index in [9.17, 15) is 4.79 Å². The SMILES string of the molecule is Cc1ccn(CC(C)(C)CS)c(=O)c1. The minimum absolute atomic E-state index is 0.0577. The zero-order valence-corrected chi connectivity index (χ0v) is 9.84. The minimum atomic E-state index is 0.0577. The van der Waals surface area contributed by atoms with Gasteiger partial charge in [0, 0.05) is 18.8 Å². The van der Waals surface area contributed by atoms with Crippen LogP contribution >= 0.6 is 12.6 Å². The average Bonchev–Trinajstić information content (AvgIpc) is 2.10. The molecule has 14 heavy (non-hydrogen) atoms. The molecule has 0 radical (unpaired) electrons. The van der Waals surface area contributed by atoms with Crippen molar-refractivity contribution in [3.8, 4) is 0 Å². The Labute approximate surface area is 90.4 Å². The van der Waals surface area contributed by atoms with E-state index in [4.69, 9.17) is 0 Å². The molecular formula is C11H17NOS. The molecule has 0 fully saturated rings. The molecule has 0 bridgehead atoms. The molecule has 0 aliphatic heterocycles. The highest BCUT2D eigenvalue weighted by Gasteiger charge is 2.16. The first-order chi connectivity index (χ1) is 6.44. The predicted molar refractivity (Wildman–Crippen MR) is 63.1 cm³/mol. The van der Waals surface area contributed by atoms with Crippen LogP contribution in [-0.2, 0) is 6.54 Å². The van der Waals surface area contributed by atoms with Gasteiger partial charge in [0.25, 0.3) is 5.56 Å². The maximum Gasteiger partial charge on any atom is 0.250 e. The molecule has 0 unspecified atom stereocenters. The van der Waals surface area contributed by atoms with Crippen molar-refractivity contribution in [2.75, 3.05) is 5.75 Å². The van der Waals surface area contributed by atoms with Crippen LogP contribution in [0.1, 0.15) is 19.4 Å². The quantitative estimate of drug-likeness (QED) is 0.760. The molecule has 78 valence electrons. The lowest BCUT2D eigenvalue weighted by Gasteiger charge is -2.22. The fraction of sp³-hybridized carbons (Fsp3) is 0.545. The van der Waals surface area contributed by atoms with Gasteiger partial charge in [-0.25, -0.2) is 0 Å². The second-order valence-electron chi connectivity index (χ2n) is 4.49. The topological polar surface area (TPSA) is 22.0 Å². The Hall–Kier alpha value is -0.700. The van der Waals surface area contributed by atoms with Crippen LogP contribution in [0.2, 0.25) is 0 Å². The van der Waals surface area contributed by atoms with E-state index in [1.165, 1.54) is 0 Å². The van der Waals surface area contributed by atoms with Crippen LogP contribution in [-0.4, -0.2) is 10.3 Å². The maximum atomic E-state index is 11.6. The predicted octanol–water partition coefficient (Wildman–Crippen LogP) is 2.11. The molecule has 1 rings (SSSR count). The summed E-state index contributed by atoms with van der Waals surface area (Å²) in [5.41, 5.74) is 1.14. The summed E-state index contributed by atoms with van der Waals surface area (Å²) in [5, 5.41) is 0. The summed E-state index contributed by atoms with van der Waals surface area (Å²) in [6, 6.07) is 3.62. The summed E-state index contributed by atoms with van der Waals surface area (Å²) in [4.78, 5) is 11.6. The summed E-state index contributed by atoms with van der Waals surface area (Å²) in [7, 11) is 0. The average molecular weight is 211 g/mol. The lowest BCUT2D eigenvalue weighted by molar-refractivity contribution is 0.347. The van der Waals surface area contributed by atoms with Gasteiger partial charge in [0.2, 0.25) is 0 Å². The summed E-state index contributed by atoms with van der Waals surface area (Å²) < 4.78 is 1.74. The van der Waals surface area contributed by atoms with Crippen molar-refractivity contribution in [1.29, 1.82) is 0 Å². The van der Waals surface area contributed by atoms with Gasteiger partial charge in [-0.2, -0.15) is 12.6 Å². The molecule has 0 aliphatic carbocycles. The van der Waals surface area contributed by atoms with Crippen molar-refractivity contribution >= 4 is 12.6 Å². The zero-order chi connectivity index (χ0) is 10.8. The van der Waals surface area contributed by atoms with Crippen molar-refractivity contribution in [3.63, 3.8) is 0 Å². The second-order valence-corrected chi connectivity index (χ2v) is 4.81. The van der Waals surface area contributed by atoms with Crippen LogP contribution in [0.4, 0.5) is 0 Å². The van der Waals surface area contributed by atoms with Gasteiger partial charge >= 0.3 is 0 Å². The van der Waals surface area contributed by atoms with Crippen LogP contribution in [0.15, 0.2) is 23.1 Å². The van der Waals surface area contributed by atoms with Crippen molar-refractivity contribution in [3.05, 3.63) is 34.2 Å². The Kier molecular flexibility index (Phi) is 3.43. The Bertz CT molecular complexity index is 368. The number of hydrogen-bond acceptors (Lipinski definition) is 2. The molecule has 0 spiro atoms. The molecule has 0 amide bonds. The van der Waals surface area contributed by atoms with Gasteiger partial charge < -0.3 is 4.57 Å². The number of aromatic nitrogens is 1. The summed E-state index contributed by atoms with van der Waals surface area (Å²) in [6.45, 7) is 6.85. The first-order valence-electron chi connectivity index (χ1n) is 4.72. The largest absolute Gasteiger partial charge is 0.315 e. The van der Waals surface area contributed by atoms with E-state index in [2.05, 4.69) is 26.5 Å². The van der Waals surface area contributed by atoms with E-state index in [0.29, 0.717) is 0 Å². The van der Waals surface area contributed by atoms with Crippen molar-refractivity contribution in [1.82, 2.24) is 4.57 Å². The van der Waals surface area contributed by atoms with E-state index in [-0.39, 0.29) is 11.0 Å². The van der Waals surface area contributed by atoms with Gasteiger partial charge in [0.1, 0.15) is 0 Å². The number of aryl methyl sites for hydroxylation is 1. The molecule has 0 saturated heterocycles. The van der Waals surface area contributed by atoms with E-state index in [1.807, 2.05) is 19.2 Å². The zero-order valence-electron chi connectivity index (χ0n) is 8.95. The first kappa shape index (κ1) is 11.4. The number of rotatable bonds is 3. The molecule has 3 heteroatoms. The van der Waals surface area contributed by atoms with Gasteiger partial charge in [0.05, 0.1) is 0 Å². The monoisotopic (exact) mass is 211 g/mol. The first-order valence-corrected chi connectivity index (χ1v) is 5.36. The van der Waals surface area contributed by atoms with Crippen LogP contribution in [0.25, 0.3) is 0 Å². The fourth-order valence-corrected chi connectivity index (χ4v) is 1.35. The minimum Gasteiger partial charge on any atom is -0.315 e. The molecule has 0 N–H and O–H groups in total. The van der Waals surface area contributed by atoms with Crippen LogP contribution in [0.3, 0.4) is 0 Å². The number of nitrogens with zero attached hydrogens (tertiary/aromatic N) is 1. The van der Waals surface area contributed by atoms with E-state index < -0.39 is 0 Å². The third-order valence-corrected chi connectivity index (χ3v) is 3.03. The molecule has 2 nitrogen and oxygen atoms in total. The molecular weight excluding hydrogens is 194 g/mol. The molecule has 0 aliphatic rings. The summed E-state index contributed by atoms with van der Waals surface area (Å²) in [6.07, 6.45) is 1.85. The highest BCUT2D eigenvalue weighted by atomic mass is 32.1. The third kappa shape index (κ3) is 2.91. The highest BCUT2D eigenvalue weighted by Crippen LogP contribution is 2.18. The molecule has 1 aromatic heterocycles. The van der Waals surface area contributed by atoms with Crippen LogP contribution in [0, 0.1) is 12.3 Å². The van der Waals surface area contributed by atoms with Crippen LogP contribution in [0.5, 0.6) is 0 Å². The van der Waals surface area contributed by atoms with E-state index >= 15 is 0 Å². The molecule has 1 aromatic rings. The van der Waals surface area contributed by atoms with Crippen molar-refractivity contribution in [2.24, 2.45) is 5.41 Å². The Balaban J connectivity index is 2.93. The Morgan fingerprint density at radius 3 is 2.64 bits per heavy atom. The van der Waals surface area contributed by atoms with Gasteiger partial charge in [-0.3, -0.25) is 4.79 Å². The lowest BCUT2D eigenvalue weighted by Crippen LogP contribution is -2.28. The van der Waals surface area contributed by atoms with Crippen molar-refractivity contribution < 1.29 is 0 Å². The highest BCUT2D eigenvalue weighted by molar-refractivity contribution is 7.80. The van der Waals surface area contributed by atoms with E-state index in [0.717, 1.165) is 17.9 Å². The number of pyridine rings is 1. The lowest BCUT2D eigenvalue weighted by atomic mass is 9.96. The third-order valence-electron chi connectivity index (χ3n) is 2.18. The fourth-order valence-electron chi connectivity index (χ4n) is 1.25. The molecule has 0 saturated carbocycles. The molecule has 0 aromatic carbocycles. The van der Waals surface area contributed by atoms with Crippen molar-refractivity contribution in [2.45, 2.75) is 27.3 Å². The summed E-state index contributed by atoms with van der Waals surface area (Å²) >= 11 is 4.27. The second kappa shape index (κ2) is 4.22. The number of thiol groups is 1. The number of hydrogen-bond donors (Lipinski definition) is 1. The van der Waals surface area contributed by atoms with Crippen LogP contribution < -0.4 is 5.56 Å². The van der Waals surface area contributed by atoms with Gasteiger partial charge in [-0.05, 0) is 29.7 Å². The van der Waals surface area contributed by atoms with Gasteiger partial charge in [-0.1, -0.05) is 13.8 Å². The van der Waals surface area contributed by atoms with Gasteiger partial charge in [0.15, 0.2) is 0 Å².